The van der Waals surface area contributed by atoms with Crippen LogP contribution in [0.3, 0.4) is 0 Å². The van der Waals surface area contributed by atoms with Gasteiger partial charge in [0.2, 0.25) is 0 Å². The molecule has 1 N–H and O–H groups in total. The van der Waals surface area contributed by atoms with Crippen LogP contribution in [0.4, 0.5) is 0 Å². The smallest absolute Gasteiger partial charge is 0.287 e. The zero-order chi connectivity index (χ0) is 20.5. The fraction of sp³-hybridized carbons (Fsp3) is 0.348. The Morgan fingerprint density at radius 3 is 2.52 bits per heavy atom. The van der Waals surface area contributed by atoms with Gasteiger partial charge in [-0.25, -0.2) is 0 Å². The maximum absolute atomic E-state index is 13.1. The molecule has 6 nitrogen and oxygen atoms in total. The summed E-state index contributed by atoms with van der Waals surface area (Å²) in [5.74, 6) is 0.844. The van der Waals surface area contributed by atoms with Gasteiger partial charge in [-0.1, -0.05) is 11.6 Å². The van der Waals surface area contributed by atoms with E-state index in [1.54, 1.807) is 12.1 Å². The number of carbonyl (C=O) groups excluding carboxylic acids is 2. The van der Waals surface area contributed by atoms with Crippen molar-refractivity contribution in [2.45, 2.75) is 39.7 Å². The van der Waals surface area contributed by atoms with E-state index in [1.807, 2.05) is 43.9 Å². The quantitative estimate of drug-likeness (QED) is 0.737. The second kappa shape index (κ2) is 7.70. The number of hydrogen-bond donors (Lipinski definition) is 1. The van der Waals surface area contributed by atoms with Gasteiger partial charge < -0.3 is 14.6 Å². The van der Waals surface area contributed by atoms with Gasteiger partial charge in [0.25, 0.3) is 11.8 Å². The van der Waals surface area contributed by atoms with E-state index < -0.39 is 0 Å². The summed E-state index contributed by atoms with van der Waals surface area (Å²) in [6.45, 7) is 6.93. The van der Waals surface area contributed by atoms with Crippen molar-refractivity contribution in [2.75, 3.05) is 13.1 Å². The third-order valence-electron chi connectivity index (χ3n) is 5.47. The van der Waals surface area contributed by atoms with E-state index >= 15 is 0 Å². The number of amides is 2. The van der Waals surface area contributed by atoms with Gasteiger partial charge in [-0.3, -0.25) is 14.6 Å². The predicted molar refractivity (Wildman–Crippen MR) is 111 cm³/mol. The highest BCUT2D eigenvalue weighted by Gasteiger charge is 2.26. The second-order valence-electron chi connectivity index (χ2n) is 7.77. The Morgan fingerprint density at radius 1 is 1.07 bits per heavy atom. The van der Waals surface area contributed by atoms with Gasteiger partial charge in [-0.2, -0.15) is 0 Å². The number of aryl methyl sites for hydroxylation is 3. The molecule has 0 saturated carbocycles. The SMILES string of the molecule is Cc1ccc2nc(C)c(C(=O)N3CCC(NC(=O)c4ccc(C)o4)CC3)cc2c1. The van der Waals surface area contributed by atoms with Crippen LogP contribution in [0.5, 0.6) is 0 Å². The Labute approximate surface area is 169 Å². The first-order chi connectivity index (χ1) is 13.9. The van der Waals surface area contributed by atoms with Crippen molar-refractivity contribution in [2.24, 2.45) is 0 Å². The van der Waals surface area contributed by atoms with E-state index in [0.717, 1.165) is 35.0 Å². The molecular weight excluding hydrogens is 366 g/mol. The van der Waals surface area contributed by atoms with E-state index in [0.29, 0.717) is 30.2 Å². The van der Waals surface area contributed by atoms with E-state index in [4.69, 9.17) is 4.42 Å². The summed E-state index contributed by atoms with van der Waals surface area (Å²) in [6, 6.07) is 11.5. The van der Waals surface area contributed by atoms with Crippen LogP contribution in [0.25, 0.3) is 10.9 Å². The molecule has 2 amide bonds. The highest BCUT2D eigenvalue weighted by molar-refractivity contribution is 5.98. The van der Waals surface area contributed by atoms with Crippen LogP contribution >= 0.6 is 0 Å². The number of pyridine rings is 1. The Hall–Kier alpha value is -3.15. The number of rotatable bonds is 3. The molecule has 0 aliphatic carbocycles. The predicted octanol–water partition coefficient (Wildman–Crippen LogP) is 3.79. The van der Waals surface area contributed by atoms with Crippen LogP contribution in [-0.4, -0.2) is 40.8 Å². The van der Waals surface area contributed by atoms with Gasteiger partial charge in [-0.05, 0) is 63.9 Å². The molecular formula is C23H25N3O3. The number of hydrogen-bond acceptors (Lipinski definition) is 4. The lowest BCUT2D eigenvalue weighted by Gasteiger charge is -2.32. The van der Waals surface area contributed by atoms with Crippen LogP contribution in [0.15, 0.2) is 40.8 Å². The first-order valence-corrected chi connectivity index (χ1v) is 9.95. The summed E-state index contributed by atoms with van der Waals surface area (Å²) in [7, 11) is 0. The van der Waals surface area contributed by atoms with Crippen molar-refractivity contribution in [3.05, 3.63) is 64.7 Å². The maximum atomic E-state index is 13.1. The van der Waals surface area contributed by atoms with Crippen molar-refractivity contribution in [3.8, 4) is 0 Å². The molecule has 29 heavy (non-hydrogen) atoms. The molecule has 3 heterocycles. The van der Waals surface area contributed by atoms with Crippen molar-refractivity contribution >= 4 is 22.7 Å². The molecule has 0 atom stereocenters. The Bertz CT molecular complexity index is 1080. The second-order valence-corrected chi connectivity index (χ2v) is 7.77. The number of aromatic nitrogens is 1. The normalized spacial score (nSPS) is 14.9. The summed E-state index contributed by atoms with van der Waals surface area (Å²) < 4.78 is 5.38. The Kier molecular flexibility index (Phi) is 5.09. The number of furan rings is 1. The van der Waals surface area contributed by atoms with Gasteiger partial charge in [0, 0.05) is 24.5 Å². The molecule has 3 aromatic rings. The van der Waals surface area contributed by atoms with Crippen molar-refractivity contribution < 1.29 is 14.0 Å². The zero-order valence-electron chi connectivity index (χ0n) is 17.0. The Morgan fingerprint density at radius 2 is 1.83 bits per heavy atom. The maximum Gasteiger partial charge on any atom is 0.287 e. The summed E-state index contributed by atoms with van der Waals surface area (Å²) in [5.41, 5.74) is 3.44. The Balaban J connectivity index is 1.42. The number of benzene rings is 1. The van der Waals surface area contributed by atoms with E-state index in [2.05, 4.69) is 16.4 Å². The largest absolute Gasteiger partial charge is 0.456 e. The first kappa shape index (κ1) is 19.2. The summed E-state index contributed by atoms with van der Waals surface area (Å²) in [6.07, 6.45) is 1.44. The minimum absolute atomic E-state index is 0.00448. The zero-order valence-corrected chi connectivity index (χ0v) is 17.0. The molecule has 1 aromatic carbocycles. The van der Waals surface area contributed by atoms with Crippen LogP contribution in [0.1, 0.15) is 50.8 Å². The third kappa shape index (κ3) is 4.01. The molecule has 0 radical (unpaired) electrons. The summed E-state index contributed by atoms with van der Waals surface area (Å²) in [5, 5.41) is 3.99. The van der Waals surface area contributed by atoms with Gasteiger partial charge >= 0.3 is 0 Å². The van der Waals surface area contributed by atoms with E-state index in [1.165, 1.54) is 0 Å². The number of likely N-dealkylation sites (tertiary alicyclic amines) is 1. The van der Waals surface area contributed by atoms with Gasteiger partial charge in [0.1, 0.15) is 5.76 Å². The monoisotopic (exact) mass is 391 g/mol. The molecule has 4 rings (SSSR count). The molecule has 0 spiro atoms. The summed E-state index contributed by atoms with van der Waals surface area (Å²) in [4.78, 5) is 31.8. The number of carbonyl (C=O) groups is 2. The highest BCUT2D eigenvalue weighted by atomic mass is 16.3. The lowest BCUT2D eigenvalue weighted by Crippen LogP contribution is -2.46. The molecule has 1 aliphatic rings. The fourth-order valence-electron chi connectivity index (χ4n) is 3.82. The van der Waals surface area contributed by atoms with Crippen LogP contribution in [0.2, 0.25) is 0 Å². The van der Waals surface area contributed by atoms with Crippen LogP contribution in [-0.2, 0) is 0 Å². The van der Waals surface area contributed by atoms with E-state index in [-0.39, 0.29) is 17.9 Å². The van der Waals surface area contributed by atoms with Crippen molar-refractivity contribution in [1.82, 2.24) is 15.2 Å². The minimum atomic E-state index is -0.201. The van der Waals surface area contributed by atoms with Crippen molar-refractivity contribution in [3.63, 3.8) is 0 Å². The molecule has 1 saturated heterocycles. The number of piperidine rings is 1. The van der Waals surface area contributed by atoms with Gasteiger partial charge in [0.05, 0.1) is 16.8 Å². The van der Waals surface area contributed by atoms with Gasteiger partial charge in [-0.15, -0.1) is 0 Å². The fourth-order valence-corrected chi connectivity index (χ4v) is 3.82. The molecule has 0 unspecified atom stereocenters. The van der Waals surface area contributed by atoms with Crippen LogP contribution < -0.4 is 5.32 Å². The molecule has 1 aliphatic heterocycles. The molecule has 2 aromatic heterocycles. The lowest BCUT2D eigenvalue weighted by atomic mass is 10.0. The average molecular weight is 391 g/mol. The van der Waals surface area contributed by atoms with Gasteiger partial charge in [0.15, 0.2) is 5.76 Å². The topological polar surface area (TPSA) is 75.4 Å². The number of fused-ring (bicyclic) bond motifs is 1. The number of nitrogens with one attached hydrogen (secondary N) is 1. The highest BCUT2D eigenvalue weighted by Crippen LogP contribution is 2.21. The molecule has 1 fully saturated rings. The molecule has 150 valence electrons. The standard InChI is InChI=1S/C23H25N3O3/c1-14-4-6-20-17(12-14)13-19(16(3)24-20)23(28)26-10-8-18(9-11-26)25-22(27)21-7-5-15(2)29-21/h4-7,12-13,18H,8-11H2,1-3H3,(H,25,27). The van der Waals surface area contributed by atoms with Crippen molar-refractivity contribution in [1.29, 1.82) is 0 Å². The first-order valence-electron chi connectivity index (χ1n) is 9.95. The summed E-state index contributed by atoms with van der Waals surface area (Å²) >= 11 is 0. The van der Waals surface area contributed by atoms with E-state index in [9.17, 15) is 9.59 Å². The lowest BCUT2D eigenvalue weighted by molar-refractivity contribution is 0.0694. The third-order valence-corrected chi connectivity index (χ3v) is 5.47. The van der Waals surface area contributed by atoms with Crippen LogP contribution in [0, 0.1) is 20.8 Å². The molecule has 0 bridgehead atoms. The number of nitrogens with zero attached hydrogens (tertiary/aromatic N) is 2. The average Bonchev–Trinajstić information content (AvgIpc) is 3.14. The minimum Gasteiger partial charge on any atom is -0.456 e. The molecule has 6 heteroatoms.